The summed E-state index contributed by atoms with van der Waals surface area (Å²) >= 11 is 3.15. The SMILES string of the molecule is Nc1cc(Br)c(F)cc1N1CCN(c2ncccn2)CC1. The van der Waals surface area contributed by atoms with Crippen molar-refractivity contribution >= 4 is 33.3 Å². The first kappa shape index (κ1) is 14.1. The molecule has 1 saturated heterocycles. The van der Waals surface area contributed by atoms with Crippen molar-refractivity contribution in [2.45, 2.75) is 0 Å². The number of nitrogens with two attached hydrogens (primary N) is 1. The van der Waals surface area contributed by atoms with Crippen molar-refractivity contribution in [2.24, 2.45) is 0 Å². The largest absolute Gasteiger partial charge is 0.397 e. The van der Waals surface area contributed by atoms with Gasteiger partial charge in [-0.05, 0) is 28.1 Å². The molecule has 2 N–H and O–H groups in total. The van der Waals surface area contributed by atoms with E-state index >= 15 is 0 Å². The first-order valence-electron chi connectivity index (χ1n) is 6.66. The predicted molar refractivity (Wildman–Crippen MR) is 85.0 cm³/mol. The van der Waals surface area contributed by atoms with Gasteiger partial charge in [-0.2, -0.15) is 0 Å². The Morgan fingerprint density at radius 1 is 1.05 bits per heavy atom. The highest BCUT2D eigenvalue weighted by atomic mass is 79.9. The lowest BCUT2D eigenvalue weighted by atomic mass is 10.2. The van der Waals surface area contributed by atoms with E-state index in [1.54, 1.807) is 24.5 Å². The Balaban J connectivity index is 1.73. The molecule has 7 heteroatoms. The first-order valence-corrected chi connectivity index (χ1v) is 7.46. The third-order valence-corrected chi connectivity index (χ3v) is 4.13. The van der Waals surface area contributed by atoms with E-state index in [-0.39, 0.29) is 5.82 Å². The summed E-state index contributed by atoms with van der Waals surface area (Å²) in [7, 11) is 0. The van der Waals surface area contributed by atoms with E-state index in [2.05, 4.69) is 35.7 Å². The summed E-state index contributed by atoms with van der Waals surface area (Å²) in [6.45, 7) is 3.06. The molecule has 1 aliphatic heterocycles. The molecule has 0 bridgehead atoms. The highest BCUT2D eigenvalue weighted by molar-refractivity contribution is 9.10. The number of nitrogens with zero attached hydrogens (tertiary/aromatic N) is 4. The zero-order valence-corrected chi connectivity index (χ0v) is 12.9. The van der Waals surface area contributed by atoms with Gasteiger partial charge in [-0.1, -0.05) is 0 Å². The Bertz CT molecular complexity index is 629. The Kier molecular flexibility index (Phi) is 3.92. The van der Waals surface area contributed by atoms with Crippen LogP contribution in [0.25, 0.3) is 0 Å². The van der Waals surface area contributed by atoms with E-state index in [0.717, 1.165) is 37.8 Å². The Hall–Kier alpha value is -1.89. The average molecular weight is 352 g/mol. The maximum atomic E-state index is 13.7. The van der Waals surface area contributed by atoms with Gasteiger partial charge >= 0.3 is 0 Å². The lowest BCUT2D eigenvalue weighted by molar-refractivity contribution is 0.613. The van der Waals surface area contributed by atoms with Gasteiger partial charge in [0.2, 0.25) is 5.95 Å². The van der Waals surface area contributed by atoms with Gasteiger partial charge in [0.15, 0.2) is 0 Å². The van der Waals surface area contributed by atoms with E-state index in [0.29, 0.717) is 10.2 Å². The number of nitrogen functional groups attached to an aromatic ring is 1. The molecule has 0 unspecified atom stereocenters. The van der Waals surface area contributed by atoms with E-state index in [1.807, 2.05) is 0 Å². The summed E-state index contributed by atoms with van der Waals surface area (Å²) in [6.07, 6.45) is 3.47. The van der Waals surface area contributed by atoms with Crippen molar-refractivity contribution in [2.75, 3.05) is 41.7 Å². The molecular weight excluding hydrogens is 337 g/mol. The first-order chi connectivity index (χ1) is 10.1. The minimum absolute atomic E-state index is 0.298. The summed E-state index contributed by atoms with van der Waals surface area (Å²) in [6, 6.07) is 4.89. The Morgan fingerprint density at radius 3 is 2.33 bits per heavy atom. The lowest BCUT2D eigenvalue weighted by Crippen LogP contribution is -2.47. The fraction of sp³-hybridized carbons (Fsp3) is 0.286. The van der Waals surface area contributed by atoms with Gasteiger partial charge in [0.1, 0.15) is 5.82 Å². The van der Waals surface area contributed by atoms with Gasteiger partial charge in [0.05, 0.1) is 15.8 Å². The van der Waals surface area contributed by atoms with Crippen molar-refractivity contribution in [3.63, 3.8) is 0 Å². The molecule has 3 rings (SSSR count). The lowest BCUT2D eigenvalue weighted by Gasteiger charge is -2.36. The molecule has 5 nitrogen and oxygen atoms in total. The van der Waals surface area contributed by atoms with Crippen molar-refractivity contribution < 1.29 is 4.39 Å². The normalized spacial score (nSPS) is 15.3. The quantitative estimate of drug-likeness (QED) is 0.841. The fourth-order valence-electron chi connectivity index (χ4n) is 2.43. The van der Waals surface area contributed by atoms with Gasteiger partial charge < -0.3 is 15.5 Å². The number of aromatic nitrogens is 2. The Labute approximate surface area is 130 Å². The molecule has 0 amide bonds. The van der Waals surface area contributed by atoms with Crippen molar-refractivity contribution in [3.05, 3.63) is 40.9 Å². The minimum atomic E-state index is -0.298. The van der Waals surface area contributed by atoms with Crippen LogP contribution in [0.2, 0.25) is 0 Å². The van der Waals surface area contributed by atoms with Crippen LogP contribution < -0.4 is 15.5 Å². The van der Waals surface area contributed by atoms with Crippen LogP contribution in [0.1, 0.15) is 0 Å². The maximum absolute atomic E-state index is 13.7. The van der Waals surface area contributed by atoms with Crippen LogP contribution in [0.4, 0.5) is 21.7 Å². The number of hydrogen-bond acceptors (Lipinski definition) is 5. The topological polar surface area (TPSA) is 58.3 Å². The molecular formula is C14H15BrFN5. The number of rotatable bonds is 2. The number of anilines is 3. The molecule has 0 saturated carbocycles. The summed E-state index contributed by atoms with van der Waals surface area (Å²) in [5, 5.41) is 0. The van der Waals surface area contributed by atoms with E-state index in [4.69, 9.17) is 5.73 Å². The molecule has 1 aliphatic rings. The summed E-state index contributed by atoms with van der Waals surface area (Å²) in [4.78, 5) is 12.7. The second-order valence-electron chi connectivity index (χ2n) is 4.85. The second-order valence-corrected chi connectivity index (χ2v) is 5.70. The molecule has 1 aromatic carbocycles. The maximum Gasteiger partial charge on any atom is 0.225 e. The fourth-order valence-corrected chi connectivity index (χ4v) is 2.79. The van der Waals surface area contributed by atoms with Gasteiger partial charge in [-0.25, -0.2) is 14.4 Å². The van der Waals surface area contributed by atoms with Crippen LogP contribution in [-0.2, 0) is 0 Å². The van der Waals surface area contributed by atoms with Crippen molar-refractivity contribution in [1.82, 2.24) is 9.97 Å². The molecule has 0 spiro atoms. The van der Waals surface area contributed by atoms with Crippen LogP contribution in [0.3, 0.4) is 0 Å². The predicted octanol–water partition coefficient (Wildman–Crippen LogP) is 2.29. The molecule has 0 radical (unpaired) electrons. The number of hydrogen-bond donors (Lipinski definition) is 1. The molecule has 110 valence electrons. The van der Waals surface area contributed by atoms with E-state index in [1.165, 1.54) is 6.07 Å². The average Bonchev–Trinajstić information content (AvgIpc) is 2.52. The molecule has 21 heavy (non-hydrogen) atoms. The van der Waals surface area contributed by atoms with Gasteiger partial charge in [-0.15, -0.1) is 0 Å². The van der Waals surface area contributed by atoms with E-state index in [9.17, 15) is 4.39 Å². The van der Waals surface area contributed by atoms with Gasteiger partial charge in [0.25, 0.3) is 0 Å². The van der Waals surface area contributed by atoms with Crippen LogP contribution in [-0.4, -0.2) is 36.1 Å². The molecule has 2 aromatic rings. The highest BCUT2D eigenvalue weighted by Gasteiger charge is 2.21. The van der Waals surface area contributed by atoms with Crippen LogP contribution in [0.15, 0.2) is 35.1 Å². The van der Waals surface area contributed by atoms with Crippen LogP contribution >= 0.6 is 15.9 Å². The van der Waals surface area contributed by atoms with Gasteiger partial charge in [0, 0.05) is 44.6 Å². The van der Waals surface area contributed by atoms with E-state index < -0.39 is 0 Å². The Morgan fingerprint density at radius 2 is 1.67 bits per heavy atom. The standard InChI is InChI=1S/C14H15BrFN5/c15-10-8-12(17)13(9-11(10)16)20-4-6-21(7-5-20)14-18-2-1-3-19-14/h1-3,8-9H,4-7,17H2. The zero-order valence-electron chi connectivity index (χ0n) is 11.3. The molecule has 2 heterocycles. The monoisotopic (exact) mass is 351 g/mol. The number of halogens is 2. The smallest absolute Gasteiger partial charge is 0.225 e. The van der Waals surface area contributed by atoms with Crippen molar-refractivity contribution in [1.29, 1.82) is 0 Å². The molecule has 1 aromatic heterocycles. The highest BCUT2D eigenvalue weighted by Crippen LogP contribution is 2.30. The van der Waals surface area contributed by atoms with Crippen LogP contribution in [0, 0.1) is 5.82 Å². The summed E-state index contributed by atoms with van der Waals surface area (Å²) in [5.74, 6) is 0.431. The van der Waals surface area contributed by atoms with Crippen LogP contribution in [0.5, 0.6) is 0 Å². The molecule has 0 aliphatic carbocycles. The number of benzene rings is 1. The van der Waals surface area contributed by atoms with Crippen molar-refractivity contribution in [3.8, 4) is 0 Å². The molecule has 0 atom stereocenters. The zero-order chi connectivity index (χ0) is 14.8. The third-order valence-electron chi connectivity index (χ3n) is 3.52. The third kappa shape index (κ3) is 2.92. The second kappa shape index (κ2) is 5.85. The number of piperazine rings is 1. The van der Waals surface area contributed by atoms with Gasteiger partial charge in [-0.3, -0.25) is 0 Å². The summed E-state index contributed by atoms with van der Waals surface area (Å²) < 4.78 is 14.1. The molecule has 1 fully saturated rings. The summed E-state index contributed by atoms with van der Waals surface area (Å²) in [5.41, 5.74) is 7.31. The minimum Gasteiger partial charge on any atom is -0.397 e.